The SMILES string of the molecule is COc1ccc(OCc2ccc(C(=O)NCCn3cc(Br)cn3)cc2)cc1. The molecule has 6 nitrogen and oxygen atoms in total. The predicted octanol–water partition coefficient (Wildman–Crippen LogP) is 3.66. The molecule has 0 aliphatic heterocycles. The lowest BCUT2D eigenvalue weighted by Crippen LogP contribution is -2.27. The molecular weight excluding hydrogens is 410 g/mol. The lowest BCUT2D eigenvalue weighted by molar-refractivity contribution is 0.0952. The molecule has 1 heterocycles. The number of benzene rings is 2. The van der Waals surface area contributed by atoms with E-state index >= 15 is 0 Å². The van der Waals surface area contributed by atoms with Gasteiger partial charge in [0.05, 0.1) is 24.3 Å². The van der Waals surface area contributed by atoms with Crippen molar-refractivity contribution in [1.29, 1.82) is 0 Å². The van der Waals surface area contributed by atoms with Crippen LogP contribution in [0, 0.1) is 0 Å². The molecule has 1 N–H and O–H groups in total. The topological polar surface area (TPSA) is 65.4 Å². The third-order valence-corrected chi connectivity index (χ3v) is 4.32. The highest BCUT2D eigenvalue weighted by Gasteiger charge is 2.05. The standard InChI is InChI=1S/C20H20BrN3O3/c1-26-18-6-8-19(9-7-18)27-14-15-2-4-16(5-3-15)20(25)22-10-11-24-13-17(21)12-23-24/h2-9,12-13H,10-11,14H2,1H3,(H,22,25). The third-order valence-electron chi connectivity index (χ3n) is 3.91. The highest BCUT2D eigenvalue weighted by atomic mass is 79.9. The van der Waals surface area contributed by atoms with E-state index in [2.05, 4.69) is 26.3 Å². The van der Waals surface area contributed by atoms with Gasteiger partial charge in [0.25, 0.3) is 5.91 Å². The number of ether oxygens (including phenoxy) is 2. The Balaban J connectivity index is 1.46. The van der Waals surface area contributed by atoms with Crippen LogP contribution in [-0.2, 0) is 13.2 Å². The maximum atomic E-state index is 12.2. The van der Waals surface area contributed by atoms with Gasteiger partial charge in [-0.1, -0.05) is 12.1 Å². The largest absolute Gasteiger partial charge is 0.497 e. The van der Waals surface area contributed by atoms with Crippen LogP contribution in [-0.4, -0.2) is 29.3 Å². The van der Waals surface area contributed by atoms with Gasteiger partial charge in [0.1, 0.15) is 18.1 Å². The van der Waals surface area contributed by atoms with E-state index in [1.807, 2.05) is 42.6 Å². The van der Waals surface area contributed by atoms with Crippen LogP contribution in [0.15, 0.2) is 65.4 Å². The normalized spacial score (nSPS) is 10.4. The van der Waals surface area contributed by atoms with Gasteiger partial charge in [-0.25, -0.2) is 0 Å². The summed E-state index contributed by atoms with van der Waals surface area (Å²) in [4.78, 5) is 12.2. The highest BCUT2D eigenvalue weighted by Crippen LogP contribution is 2.18. The van der Waals surface area contributed by atoms with E-state index in [9.17, 15) is 4.79 Å². The van der Waals surface area contributed by atoms with Crippen molar-refractivity contribution in [2.24, 2.45) is 0 Å². The summed E-state index contributed by atoms with van der Waals surface area (Å²) in [5, 5.41) is 7.04. The quantitative estimate of drug-likeness (QED) is 0.593. The lowest BCUT2D eigenvalue weighted by Gasteiger charge is -2.09. The lowest BCUT2D eigenvalue weighted by atomic mass is 10.1. The average Bonchev–Trinajstić information content (AvgIpc) is 3.12. The molecule has 0 aliphatic rings. The number of carbonyl (C=O) groups excluding carboxylic acids is 1. The molecule has 1 amide bonds. The smallest absolute Gasteiger partial charge is 0.251 e. The summed E-state index contributed by atoms with van der Waals surface area (Å²) in [7, 11) is 1.63. The second-order valence-electron chi connectivity index (χ2n) is 5.84. The van der Waals surface area contributed by atoms with Crippen LogP contribution in [0.2, 0.25) is 0 Å². The minimum absolute atomic E-state index is 0.108. The van der Waals surface area contributed by atoms with Crippen molar-refractivity contribution < 1.29 is 14.3 Å². The van der Waals surface area contributed by atoms with Crippen LogP contribution >= 0.6 is 15.9 Å². The molecule has 140 valence electrons. The molecular formula is C20H20BrN3O3. The zero-order valence-electron chi connectivity index (χ0n) is 14.9. The van der Waals surface area contributed by atoms with E-state index in [1.54, 1.807) is 30.1 Å². The number of nitrogens with zero attached hydrogens (tertiary/aromatic N) is 2. The molecule has 1 aromatic heterocycles. The van der Waals surface area contributed by atoms with Gasteiger partial charge < -0.3 is 14.8 Å². The van der Waals surface area contributed by atoms with Gasteiger partial charge in [-0.2, -0.15) is 5.10 Å². The Hall–Kier alpha value is -2.80. The molecule has 7 heteroatoms. The Morgan fingerprint density at radius 1 is 1.11 bits per heavy atom. The van der Waals surface area contributed by atoms with Gasteiger partial charge >= 0.3 is 0 Å². The van der Waals surface area contributed by atoms with Crippen molar-refractivity contribution in [3.8, 4) is 11.5 Å². The number of aromatic nitrogens is 2. The molecule has 0 unspecified atom stereocenters. The fourth-order valence-corrected chi connectivity index (χ4v) is 2.77. The number of hydrogen-bond donors (Lipinski definition) is 1. The Labute approximate surface area is 166 Å². The second kappa shape index (κ2) is 9.23. The first-order valence-corrected chi connectivity index (χ1v) is 9.25. The molecule has 27 heavy (non-hydrogen) atoms. The maximum Gasteiger partial charge on any atom is 0.251 e. The molecule has 0 atom stereocenters. The summed E-state index contributed by atoms with van der Waals surface area (Å²) in [6.45, 7) is 1.56. The first-order valence-electron chi connectivity index (χ1n) is 8.46. The first kappa shape index (κ1) is 19.0. The van der Waals surface area contributed by atoms with Crippen LogP contribution in [0.4, 0.5) is 0 Å². The van der Waals surface area contributed by atoms with Crippen LogP contribution in [0.5, 0.6) is 11.5 Å². The molecule has 0 radical (unpaired) electrons. The van der Waals surface area contributed by atoms with Crippen molar-refractivity contribution in [2.45, 2.75) is 13.2 Å². The number of carbonyl (C=O) groups is 1. The van der Waals surface area contributed by atoms with Crippen LogP contribution in [0.1, 0.15) is 15.9 Å². The predicted molar refractivity (Wildman–Crippen MR) is 106 cm³/mol. The molecule has 0 fully saturated rings. The summed E-state index contributed by atoms with van der Waals surface area (Å²) in [6.07, 6.45) is 3.58. The van der Waals surface area contributed by atoms with Crippen molar-refractivity contribution >= 4 is 21.8 Å². The van der Waals surface area contributed by atoms with E-state index in [1.165, 1.54) is 0 Å². The molecule has 0 bridgehead atoms. The Morgan fingerprint density at radius 2 is 1.81 bits per heavy atom. The molecule has 3 rings (SSSR count). The Kier molecular flexibility index (Phi) is 6.49. The number of nitrogens with one attached hydrogen (secondary N) is 1. The van der Waals surface area contributed by atoms with E-state index in [4.69, 9.17) is 9.47 Å². The van der Waals surface area contributed by atoms with Crippen molar-refractivity contribution in [3.05, 3.63) is 76.5 Å². The second-order valence-corrected chi connectivity index (χ2v) is 6.75. The van der Waals surface area contributed by atoms with Gasteiger partial charge in [-0.05, 0) is 57.9 Å². The number of methoxy groups -OCH3 is 1. The van der Waals surface area contributed by atoms with Crippen LogP contribution in [0.3, 0.4) is 0 Å². The number of amides is 1. The fourth-order valence-electron chi connectivity index (χ4n) is 2.44. The summed E-state index contributed by atoms with van der Waals surface area (Å²) >= 11 is 3.34. The van der Waals surface area contributed by atoms with Gasteiger partial charge in [-0.15, -0.1) is 0 Å². The van der Waals surface area contributed by atoms with Gasteiger partial charge in [0, 0.05) is 18.3 Å². The van der Waals surface area contributed by atoms with Crippen molar-refractivity contribution in [2.75, 3.05) is 13.7 Å². The van der Waals surface area contributed by atoms with E-state index in [0.717, 1.165) is 21.5 Å². The monoisotopic (exact) mass is 429 g/mol. The number of halogens is 1. The number of rotatable bonds is 8. The Morgan fingerprint density at radius 3 is 2.44 bits per heavy atom. The van der Waals surface area contributed by atoms with Crippen molar-refractivity contribution in [1.82, 2.24) is 15.1 Å². The first-order chi connectivity index (χ1) is 13.1. The summed E-state index contributed by atoms with van der Waals surface area (Å²) in [5.74, 6) is 1.45. The molecule has 3 aromatic rings. The zero-order chi connectivity index (χ0) is 19.1. The summed E-state index contributed by atoms with van der Waals surface area (Å²) in [6, 6.07) is 14.8. The van der Waals surface area contributed by atoms with Crippen LogP contribution < -0.4 is 14.8 Å². The van der Waals surface area contributed by atoms with E-state index < -0.39 is 0 Å². The van der Waals surface area contributed by atoms with Gasteiger partial charge in [0.2, 0.25) is 0 Å². The Bertz CT molecular complexity index is 876. The molecule has 0 saturated heterocycles. The van der Waals surface area contributed by atoms with E-state index in [0.29, 0.717) is 25.3 Å². The minimum Gasteiger partial charge on any atom is -0.497 e. The van der Waals surface area contributed by atoms with E-state index in [-0.39, 0.29) is 5.91 Å². The summed E-state index contributed by atoms with van der Waals surface area (Å²) < 4.78 is 13.5. The minimum atomic E-state index is -0.108. The van der Waals surface area contributed by atoms with Gasteiger partial charge in [0.15, 0.2) is 0 Å². The molecule has 0 aliphatic carbocycles. The average molecular weight is 430 g/mol. The third kappa shape index (κ3) is 5.59. The maximum absolute atomic E-state index is 12.2. The fraction of sp³-hybridized carbons (Fsp3) is 0.200. The molecule has 0 spiro atoms. The van der Waals surface area contributed by atoms with Crippen molar-refractivity contribution in [3.63, 3.8) is 0 Å². The summed E-state index contributed by atoms with van der Waals surface area (Å²) in [5.41, 5.74) is 1.61. The van der Waals surface area contributed by atoms with Gasteiger partial charge in [-0.3, -0.25) is 9.48 Å². The highest BCUT2D eigenvalue weighted by molar-refractivity contribution is 9.10. The molecule has 2 aromatic carbocycles. The zero-order valence-corrected chi connectivity index (χ0v) is 16.5. The molecule has 0 saturated carbocycles. The number of hydrogen-bond acceptors (Lipinski definition) is 4. The van der Waals surface area contributed by atoms with Crippen LogP contribution in [0.25, 0.3) is 0 Å².